The fourth-order valence-corrected chi connectivity index (χ4v) is 7.64. The number of benzene rings is 2. The van der Waals surface area contributed by atoms with Gasteiger partial charge in [-0.15, -0.1) is 0 Å². The van der Waals surface area contributed by atoms with Crippen molar-refractivity contribution in [1.82, 2.24) is 25.0 Å². The zero-order chi connectivity index (χ0) is 55.7. The Balaban J connectivity index is 0.00000197. The molecular weight excluding hydrogens is 1020 g/mol. The number of thiol groups is 1. The Morgan fingerprint density at radius 3 is 2.05 bits per heavy atom. The summed E-state index contributed by atoms with van der Waals surface area (Å²) in [6, 6.07) is 12.9. The highest BCUT2D eigenvalue weighted by Gasteiger charge is 2.39. The first-order valence-electron chi connectivity index (χ1n) is 23.7. The minimum atomic E-state index is -5.08. The van der Waals surface area contributed by atoms with Gasteiger partial charge in [-0.25, -0.2) is 18.4 Å². The molecule has 4 rings (SSSR count). The van der Waals surface area contributed by atoms with Crippen LogP contribution in [0, 0.1) is 17.0 Å². The van der Waals surface area contributed by atoms with Crippen molar-refractivity contribution in [2.75, 3.05) is 78.2 Å². The fraction of sp³-hybridized carbons (Fsp3) is 0.500. The molecule has 25 heteroatoms. The van der Waals surface area contributed by atoms with Gasteiger partial charge in [0.05, 0.1) is 64.8 Å². The van der Waals surface area contributed by atoms with Crippen molar-refractivity contribution < 1.29 is 84.7 Å². The van der Waals surface area contributed by atoms with Gasteiger partial charge in [0.1, 0.15) is 17.7 Å². The summed E-state index contributed by atoms with van der Waals surface area (Å²) < 4.78 is 86.6. The first-order chi connectivity index (χ1) is 35.5. The molecule has 414 valence electrons. The minimum absolute atomic E-state index is 0.0137. The molecule has 75 heavy (non-hydrogen) atoms. The molecule has 0 saturated carbocycles. The number of alkyl halides is 3. The monoisotopic (exact) mass is 1080 g/mol. The van der Waals surface area contributed by atoms with E-state index in [4.69, 9.17) is 34.6 Å². The molecule has 1 aromatic heterocycles. The molecule has 6 N–H and O–H groups in total. The van der Waals surface area contributed by atoms with Crippen molar-refractivity contribution in [3.63, 3.8) is 0 Å². The number of nitrogens with two attached hydrogens (primary N) is 1. The number of aliphatic carboxylic acids is 2. The number of nitrogens with one attached hydrogen (secondary N) is 2. The van der Waals surface area contributed by atoms with Gasteiger partial charge in [0.2, 0.25) is 17.7 Å². The maximum absolute atomic E-state index is 15.3. The van der Waals surface area contributed by atoms with Crippen molar-refractivity contribution in [3.05, 3.63) is 95.8 Å². The highest BCUT2D eigenvalue weighted by Crippen LogP contribution is 2.41. The summed E-state index contributed by atoms with van der Waals surface area (Å²) in [6.07, 6.45) is -1.84. The number of carboxylic acid groups (broad SMARTS) is 2. The Morgan fingerprint density at radius 2 is 1.47 bits per heavy atom. The number of carbonyl (C=O) groups is 7. The van der Waals surface area contributed by atoms with Crippen LogP contribution in [0.1, 0.15) is 63.8 Å². The van der Waals surface area contributed by atoms with Crippen LogP contribution in [0.3, 0.4) is 0 Å². The summed E-state index contributed by atoms with van der Waals surface area (Å²) >= 11 is 4.00. The Morgan fingerprint density at radius 1 is 0.840 bits per heavy atom. The van der Waals surface area contributed by atoms with Gasteiger partial charge in [-0.1, -0.05) is 51.1 Å². The van der Waals surface area contributed by atoms with E-state index < -0.39 is 71.1 Å². The molecule has 0 spiro atoms. The Kier molecular flexibility index (Phi) is 26.6. The molecule has 1 aliphatic heterocycles. The lowest BCUT2D eigenvalue weighted by Gasteiger charge is -2.41. The second-order valence-electron chi connectivity index (χ2n) is 17.8. The molecule has 2 aromatic carbocycles. The maximum atomic E-state index is 15.3. The van der Waals surface area contributed by atoms with E-state index in [0.29, 0.717) is 24.2 Å². The van der Waals surface area contributed by atoms with Gasteiger partial charge < -0.3 is 55.0 Å². The second kappa shape index (κ2) is 31.6. The van der Waals surface area contributed by atoms with Gasteiger partial charge in [-0.2, -0.15) is 25.8 Å². The molecule has 1 aliphatic rings. The molecule has 0 saturated heterocycles. The van der Waals surface area contributed by atoms with Crippen molar-refractivity contribution in [2.45, 2.75) is 77.4 Å². The Labute approximate surface area is 436 Å². The molecule has 0 fully saturated rings. The number of nitrogens with zero attached hydrogens (tertiary/aromatic N) is 3. The van der Waals surface area contributed by atoms with Gasteiger partial charge in [0, 0.05) is 79.9 Å². The van der Waals surface area contributed by atoms with E-state index in [0.717, 1.165) is 40.8 Å². The maximum Gasteiger partial charge on any atom is 0.490 e. The molecule has 2 heterocycles. The largest absolute Gasteiger partial charge is 0.490 e. The second-order valence-corrected chi connectivity index (χ2v) is 18.2. The third-order valence-electron chi connectivity index (χ3n) is 10.9. The molecule has 0 bridgehead atoms. The standard InChI is InChI=1S/C48H64F2N6O11S.C2HF3O2/c1-48(2,3)46(40-26-34(37-27-35(49)10-11-38(37)50)30-54(40)29-33-8-5-4-6-9-33)56(18-7-16-51)45(61)28-36(67-20-15-42(58)53-39(32-68)47(62)63)31-66-25-24-65-23-22-64-21-17-52-41(57)14-19-55-43(59)12-13-44(55)60;3-2(4,5)1(6)7/h4-6,8-13,26-27,30,36,39,46,68H,7,14-25,28-29,31-32,51H2,1-3H3,(H,52,57)(H,53,58)(H,62,63);(H,6,7)/t36?,39-,46+;/m1./s1. The highest BCUT2D eigenvalue weighted by molar-refractivity contribution is 7.80. The van der Waals surface area contributed by atoms with Gasteiger partial charge in [0.15, 0.2) is 0 Å². The Bertz CT molecular complexity index is 2370. The summed E-state index contributed by atoms with van der Waals surface area (Å²) in [4.78, 5) is 85.8. The molecule has 1 unspecified atom stereocenters. The van der Waals surface area contributed by atoms with Crippen LogP contribution >= 0.6 is 12.6 Å². The molecule has 0 aliphatic carbocycles. The van der Waals surface area contributed by atoms with Crippen molar-refractivity contribution >= 4 is 54.1 Å². The number of aromatic nitrogens is 1. The molecule has 19 nitrogen and oxygen atoms in total. The first kappa shape index (κ1) is 63.0. The molecule has 3 atom stereocenters. The number of ether oxygens (including phenoxy) is 4. The lowest BCUT2D eigenvalue weighted by atomic mass is 9.82. The van der Waals surface area contributed by atoms with E-state index in [1.54, 1.807) is 17.2 Å². The smallest absolute Gasteiger partial charge is 0.480 e. The molecule has 3 aromatic rings. The average molecular weight is 1090 g/mol. The number of halogens is 5. The summed E-state index contributed by atoms with van der Waals surface area (Å²) in [6.45, 7) is 7.73. The number of imide groups is 1. The summed E-state index contributed by atoms with van der Waals surface area (Å²) in [5, 5.41) is 21.5. The highest BCUT2D eigenvalue weighted by atomic mass is 32.1. The third kappa shape index (κ3) is 22.2. The van der Waals surface area contributed by atoms with Crippen LogP contribution in [0.2, 0.25) is 0 Å². The van der Waals surface area contributed by atoms with Crippen molar-refractivity contribution in [3.8, 4) is 11.1 Å². The number of rotatable bonds is 31. The van der Waals surface area contributed by atoms with Crippen LogP contribution in [0.4, 0.5) is 22.0 Å². The van der Waals surface area contributed by atoms with Crippen LogP contribution in [0.25, 0.3) is 11.1 Å². The molecule has 0 radical (unpaired) electrons. The van der Waals surface area contributed by atoms with Gasteiger partial charge >= 0.3 is 18.1 Å². The van der Waals surface area contributed by atoms with Crippen LogP contribution in [0.5, 0.6) is 0 Å². The van der Waals surface area contributed by atoms with Gasteiger partial charge in [-0.3, -0.25) is 28.9 Å². The van der Waals surface area contributed by atoms with E-state index in [2.05, 4.69) is 23.3 Å². The Hall–Kier alpha value is -6.25. The SMILES string of the molecule is CC(C)(C)[C@H](c1cc(-c2cc(F)ccc2F)cn1Cc1ccccc1)N(CCCN)C(=O)CC(COCCOCCOCCNC(=O)CCN1C(=O)C=CC1=O)OCCC(=O)N[C@H](CS)C(=O)O.O=C(O)C(F)(F)F. The van der Waals surface area contributed by atoms with Crippen molar-refractivity contribution in [2.24, 2.45) is 11.1 Å². The van der Waals surface area contributed by atoms with Crippen LogP contribution in [-0.4, -0.2) is 163 Å². The fourth-order valence-electron chi connectivity index (χ4n) is 7.39. The quantitative estimate of drug-likeness (QED) is 0.0224. The number of amides is 5. The summed E-state index contributed by atoms with van der Waals surface area (Å²) in [7, 11) is 0. The van der Waals surface area contributed by atoms with E-state index >= 15 is 4.39 Å². The molecule has 5 amide bonds. The number of carboxylic acids is 2. The lowest BCUT2D eigenvalue weighted by molar-refractivity contribution is -0.192. The first-order valence-corrected chi connectivity index (χ1v) is 24.4. The van der Waals surface area contributed by atoms with E-state index in [-0.39, 0.29) is 115 Å². The third-order valence-corrected chi connectivity index (χ3v) is 11.3. The predicted octanol–water partition coefficient (Wildman–Crippen LogP) is 4.53. The number of hydrogen-bond donors (Lipinski definition) is 6. The summed E-state index contributed by atoms with van der Waals surface area (Å²) in [5.41, 5.74) is 7.55. The number of hydrogen-bond acceptors (Lipinski definition) is 13. The van der Waals surface area contributed by atoms with Gasteiger partial charge in [-0.05, 0) is 48.2 Å². The topological polar surface area (TPSA) is 258 Å². The lowest BCUT2D eigenvalue weighted by Crippen LogP contribution is -2.45. The van der Waals surface area contributed by atoms with E-state index in [1.165, 1.54) is 0 Å². The van der Waals surface area contributed by atoms with Crippen LogP contribution in [-0.2, 0) is 59.1 Å². The predicted molar refractivity (Wildman–Crippen MR) is 265 cm³/mol. The van der Waals surface area contributed by atoms with Crippen LogP contribution < -0.4 is 16.4 Å². The van der Waals surface area contributed by atoms with Gasteiger partial charge in [0.25, 0.3) is 11.8 Å². The zero-order valence-electron chi connectivity index (χ0n) is 41.8. The van der Waals surface area contributed by atoms with Crippen LogP contribution in [0.15, 0.2) is 72.9 Å². The molecular formula is C50H65F5N6O13S. The minimum Gasteiger partial charge on any atom is -0.480 e. The average Bonchev–Trinajstić information content (AvgIpc) is 3.90. The summed E-state index contributed by atoms with van der Waals surface area (Å²) in [5.74, 6) is -7.44. The van der Waals surface area contributed by atoms with E-state index in [1.807, 2.05) is 55.7 Å². The zero-order valence-corrected chi connectivity index (χ0v) is 42.7. The normalized spacial score (nSPS) is 13.7. The number of carbonyl (C=O) groups excluding carboxylic acids is 5. The van der Waals surface area contributed by atoms with Crippen molar-refractivity contribution in [1.29, 1.82) is 0 Å². The van der Waals surface area contributed by atoms with E-state index in [9.17, 15) is 51.4 Å².